The zero-order chi connectivity index (χ0) is 14.2. The maximum Gasteiger partial charge on any atom is 0.324 e. The fourth-order valence-corrected chi connectivity index (χ4v) is 2.32. The van der Waals surface area contributed by atoms with E-state index in [-0.39, 0.29) is 0 Å². The molecule has 112 valence electrons. The highest BCUT2D eigenvalue weighted by Gasteiger charge is 2.15. The molecule has 1 N–H and O–H groups in total. The quantitative estimate of drug-likeness (QED) is 0.828. The summed E-state index contributed by atoms with van der Waals surface area (Å²) in [4.78, 5) is 12.6. The molecule has 2 rings (SSSR count). The van der Waals surface area contributed by atoms with Gasteiger partial charge in [0.1, 0.15) is 0 Å². The molecular weight excluding hydrogens is 256 g/mol. The normalized spacial score (nSPS) is 15.9. The number of ether oxygens (including phenoxy) is 2. The molecule has 1 aromatic heterocycles. The fourth-order valence-electron chi connectivity index (χ4n) is 2.32. The van der Waals surface area contributed by atoms with Gasteiger partial charge < -0.3 is 14.8 Å². The zero-order valence-electron chi connectivity index (χ0n) is 12.4. The Bertz CT molecular complexity index is 408. The van der Waals surface area contributed by atoms with E-state index in [1.807, 2.05) is 6.92 Å². The van der Waals surface area contributed by atoms with Crippen LogP contribution < -0.4 is 14.8 Å². The summed E-state index contributed by atoms with van der Waals surface area (Å²) in [5.74, 6) is 1.10. The summed E-state index contributed by atoms with van der Waals surface area (Å²) in [6.45, 7) is 3.32. The first-order valence-electron chi connectivity index (χ1n) is 7.51. The van der Waals surface area contributed by atoms with E-state index in [9.17, 15) is 0 Å². The van der Waals surface area contributed by atoms with Gasteiger partial charge in [0, 0.05) is 7.05 Å². The number of nitrogens with zero attached hydrogens (tertiary/aromatic N) is 3. The summed E-state index contributed by atoms with van der Waals surface area (Å²) in [7, 11) is 1.77. The molecule has 1 fully saturated rings. The Hall–Kier alpha value is -1.59. The van der Waals surface area contributed by atoms with Crippen molar-refractivity contribution in [3.8, 4) is 12.0 Å². The topological polar surface area (TPSA) is 69.2 Å². The Kier molecular flexibility index (Phi) is 5.83. The fraction of sp³-hybridized carbons (Fsp3) is 0.786. The van der Waals surface area contributed by atoms with E-state index < -0.39 is 0 Å². The average Bonchev–Trinajstić information content (AvgIpc) is 2.51. The van der Waals surface area contributed by atoms with Gasteiger partial charge in [0.15, 0.2) is 0 Å². The van der Waals surface area contributed by atoms with Gasteiger partial charge in [-0.1, -0.05) is 26.2 Å². The molecule has 0 amide bonds. The predicted molar refractivity (Wildman–Crippen MR) is 77.2 cm³/mol. The van der Waals surface area contributed by atoms with Crippen LogP contribution in [0.1, 0.15) is 45.4 Å². The molecule has 0 radical (unpaired) electrons. The van der Waals surface area contributed by atoms with Crippen LogP contribution in [0.15, 0.2) is 0 Å². The van der Waals surface area contributed by atoms with Gasteiger partial charge in [-0.2, -0.15) is 9.97 Å². The highest BCUT2D eigenvalue weighted by Crippen LogP contribution is 2.24. The van der Waals surface area contributed by atoms with Crippen LogP contribution >= 0.6 is 0 Å². The summed E-state index contributed by atoms with van der Waals surface area (Å²) in [6, 6.07) is 0.672. The van der Waals surface area contributed by atoms with Crippen LogP contribution in [0.3, 0.4) is 0 Å². The standard InChI is InChI=1S/C14H24N4O2/c1-3-9-19-13-16-12(15-2)17-14(18-13)20-10-11-7-5-4-6-8-11/h11H,3-10H2,1-2H3,(H,15,16,17,18). The maximum absolute atomic E-state index is 5.73. The first-order valence-corrected chi connectivity index (χ1v) is 7.51. The van der Waals surface area contributed by atoms with Gasteiger partial charge in [0.05, 0.1) is 13.2 Å². The van der Waals surface area contributed by atoms with E-state index >= 15 is 0 Å². The van der Waals surface area contributed by atoms with E-state index in [2.05, 4.69) is 20.3 Å². The molecule has 1 saturated carbocycles. The Balaban J connectivity index is 1.94. The number of aromatic nitrogens is 3. The van der Waals surface area contributed by atoms with Crippen LogP contribution in [0, 0.1) is 5.92 Å². The van der Waals surface area contributed by atoms with Crippen LogP contribution in [0.4, 0.5) is 5.95 Å². The molecule has 0 aromatic carbocycles. The van der Waals surface area contributed by atoms with Gasteiger partial charge >= 0.3 is 12.0 Å². The zero-order valence-corrected chi connectivity index (χ0v) is 12.4. The van der Waals surface area contributed by atoms with Gasteiger partial charge in [0.25, 0.3) is 0 Å². The lowest BCUT2D eigenvalue weighted by Crippen LogP contribution is -2.17. The highest BCUT2D eigenvalue weighted by molar-refractivity contribution is 5.26. The molecule has 0 atom stereocenters. The molecule has 0 spiro atoms. The van der Waals surface area contributed by atoms with Crippen molar-refractivity contribution in [1.29, 1.82) is 0 Å². The van der Waals surface area contributed by atoms with Crippen molar-refractivity contribution < 1.29 is 9.47 Å². The lowest BCUT2D eigenvalue weighted by atomic mass is 9.90. The summed E-state index contributed by atoms with van der Waals surface area (Å²) in [6.07, 6.45) is 7.35. The summed E-state index contributed by atoms with van der Waals surface area (Å²) in [5.41, 5.74) is 0. The van der Waals surface area contributed by atoms with Crippen LogP contribution in [0.2, 0.25) is 0 Å². The number of hydrogen-bond acceptors (Lipinski definition) is 6. The van der Waals surface area contributed by atoms with Gasteiger partial charge in [0.2, 0.25) is 5.95 Å². The van der Waals surface area contributed by atoms with Gasteiger partial charge in [-0.15, -0.1) is 4.98 Å². The predicted octanol–water partition coefficient (Wildman–Crippen LogP) is 2.66. The molecule has 6 heteroatoms. The molecule has 1 aliphatic carbocycles. The molecule has 1 aliphatic rings. The van der Waals surface area contributed by atoms with E-state index in [0.717, 1.165) is 6.42 Å². The molecule has 1 heterocycles. The van der Waals surface area contributed by atoms with Crippen molar-refractivity contribution in [2.45, 2.75) is 45.4 Å². The second-order valence-electron chi connectivity index (χ2n) is 5.14. The molecule has 20 heavy (non-hydrogen) atoms. The van der Waals surface area contributed by atoms with Crippen molar-refractivity contribution in [3.05, 3.63) is 0 Å². The van der Waals surface area contributed by atoms with E-state index in [1.54, 1.807) is 7.05 Å². The summed E-state index contributed by atoms with van der Waals surface area (Å²) in [5, 5.41) is 2.90. The smallest absolute Gasteiger partial charge is 0.324 e. The van der Waals surface area contributed by atoms with Crippen LogP contribution in [0.5, 0.6) is 12.0 Å². The third kappa shape index (κ3) is 4.51. The van der Waals surface area contributed by atoms with Gasteiger partial charge in [-0.3, -0.25) is 0 Å². The van der Waals surface area contributed by atoms with Crippen LogP contribution in [0.25, 0.3) is 0 Å². The molecule has 1 aromatic rings. The lowest BCUT2D eigenvalue weighted by molar-refractivity contribution is 0.192. The minimum absolute atomic E-state index is 0.324. The minimum Gasteiger partial charge on any atom is -0.463 e. The summed E-state index contributed by atoms with van der Waals surface area (Å²) >= 11 is 0. The second kappa shape index (κ2) is 7.87. The van der Waals surface area contributed by atoms with Crippen molar-refractivity contribution in [1.82, 2.24) is 15.0 Å². The van der Waals surface area contributed by atoms with E-state index in [4.69, 9.17) is 9.47 Å². The van der Waals surface area contributed by atoms with Crippen molar-refractivity contribution in [2.24, 2.45) is 5.92 Å². The lowest BCUT2D eigenvalue weighted by Gasteiger charge is -2.21. The number of nitrogens with one attached hydrogen (secondary N) is 1. The van der Waals surface area contributed by atoms with Crippen molar-refractivity contribution in [3.63, 3.8) is 0 Å². The number of rotatable bonds is 7. The molecule has 0 unspecified atom stereocenters. The Morgan fingerprint density at radius 3 is 2.40 bits per heavy atom. The maximum atomic E-state index is 5.73. The third-order valence-corrected chi connectivity index (χ3v) is 3.43. The first kappa shape index (κ1) is 14.8. The molecule has 0 bridgehead atoms. The molecular formula is C14H24N4O2. The highest BCUT2D eigenvalue weighted by atomic mass is 16.5. The average molecular weight is 280 g/mol. The summed E-state index contributed by atoms with van der Waals surface area (Å²) < 4.78 is 11.2. The molecule has 0 aliphatic heterocycles. The van der Waals surface area contributed by atoms with Gasteiger partial charge in [-0.05, 0) is 25.2 Å². The Morgan fingerprint density at radius 1 is 1.05 bits per heavy atom. The Morgan fingerprint density at radius 2 is 1.75 bits per heavy atom. The largest absolute Gasteiger partial charge is 0.463 e. The second-order valence-corrected chi connectivity index (χ2v) is 5.14. The monoisotopic (exact) mass is 280 g/mol. The number of anilines is 1. The van der Waals surface area contributed by atoms with Crippen molar-refractivity contribution in [2.75, 3.05) is 25.6 Å². The van der Waals surface area contributed by atoms with Gasteiger partial charge in [-0.25, -0.2) is 0 Å². The van der Waals surface area contributed by atoms with E-state index in [1.165, 1.54) is 32.1 Å². The third-order valence-electron chi connectivity index (χ3n) is 3.43. The van der Waals surface area contributed by atoms with Crippen LogP contribution in [-0.2, 0) is 0 Å². The van der Waals surface area contributed by atoms with E-state index in [0.29, 0.717) is 37.1 Å². The first-order chi connectivity index (χ1) is 9.81. The number of hydrogen-bond donors (Lipinski definition) is 1. The minimum atomic E-state index is 0.324. The van der Waals surface area contributed by atoms with Crippen molar-refractivity contribution >= 4 is 5.95 Å². The SMILES string of the molecule is CCCOc1nc(NC)nc(OCC2CCCCC2)n1. The molecule has 0 saturated heterocycles. The Labute approximate surface area is 120 Å². The van der Waals surface area contributed by atoms with Crippen LogP contribution in [-0.4, -0.2) is 35.2 Å². The molecule has 6 nitrogen and oxygen atoms in total.